The molecule has 0 radical (unpaired) electrons. The molecule has 3 heterocycles. The van der Waals surface area contributed by atoms with E-state index in [1.165, 1.54) is 5.56 Å². The largest absolute Gasteiger partial charge is 0.369 e. The van der Waals surface area contributed by atoms with Gasteiger partial charge in [-0.1, -0.05) is 29.3 Å². The number of anilines is 1. The van der Waals surface area contributed by atoms with E-state index in [0.717, 1.165) is 53.4 Å². The Morgan fingerprint density at radius 3 is 2.47 bits per heavy atom. The minimum Gasteiger partial charge on any atom is -0.369 e. The van der Waals surface area contributed by atoms with Crippen LogP contribution in [0.15, 0.2) is 47.3 Å². The fourth-order valence-corrected chi connectivity index (χ4v) is 5.20. The first-order valence-electron chi connectivity index (χ1n) is 12.3. The van der Waals surface area contributed by atoms with Gasteiger partial charge in [-0.3, -0.25) is 9.69 Å². The van der Waals surface area contributed by atoms with Gasteiger partial charge in [0, 0.05) is 48.0 Å². The summed E-state index contributed by atoms with van der Waals surface area (Å²) >= 11 is 6.30. The summed E-state index contributed by atoms with van der Waals surface area (Å²) in [5.41, 5.74) is 4.51. The molecule has 36 heavy (non-hydrogen) atoms. The van der Waals surface area contributed by atoms with E-state index in [4.69, 9.17) is 11.6 Å². The van der Waals surface area contributed by atoms with Gasteiger partial charge in [-0.2, -0.15) is 0 Å². The lowest BCUT2D eigenvalue weighted by Gasteiger charge is -2.40. The molecule has 1 N–H and O–H groups in total. The van der Waals surface area contributed by atoms with Crippen LogP contribution in [0.5, 0.6) is 0 Å². The third kappa shape index (κ3) is 4.63. The van der Waals surface area contributed by atoms with E-state index in [0.29, 0.717) is 11.4 Å². The summed E-state index contributed by atoms with van der Waals surface area (Å²) in [5, 5.41) is 14.5. The molecule has 188 valence electrons. The average molecular weight is 506 g/mol. The zero-order valence-corrected chi connectivity index (χ0v) is 22.2. The molecule has 0 amide bonds. The van der Waals surface area contributed by atoms with Crippen molar-refractivity contribution < 1.29 is 0 Å². The molecule has 4 aromatic rings. The van der Waals surface area contributed by atoms with Crippen molar-refractivity contribution >= 4 is 28.2 Å². The number of H-pyrrole nitrogens is 1. The maximum atomic E-state index is 13.4. The molecule has 5 rings (SSSR count). The topological polar surface area (TPSA) is 82.9 Å². The van der Waals surface area contributed by atoms with Gasteiger partial charge in [0.25, 0.3) is 5.56 Å². The number of tetrazole rings is 1. The Hall–Kier alpha value is -3.23. The number of piperazine rings is 1. The summed E-state index contributed by atoms with van der Waals surface area (Å²) in [4.78, 5) is 21.2. The van der Waals surface area contributed by atoms with Crippen molar-refractivity contribution in [3.8, 4) is 0 Å². The van der Waals surface area contributed by atoms with Crippen molar-refractivity contribution in [1.29, 1.82) is 0 Å². The second-order valence-corrected chi connectivity index (χ2v) is 11.1. The van der Waals surface area contributed by atoms with Crippen LogP contribution in [0.25, 0.3) is 10.9 Å². The molecule has 0 bridgehead atoms. The number of hydrogen-bond acceptors (Lipinski definition) is 6. The highest BCUT2D eigenvalue weighted by Crippen LogP contribution is 2.32. The number of aryl methyl sites for hydroxylation is 2. The number of hydrogen-bond donors (Lipinski definition) is 1. The molecule has 1 aliphatic rings. The summed E-state index contributed by atoms with van der Waals surface area (Å²) in [6, 6.07) is 13.7. The van der Waals surface area contributed by atoms with Crippen molar-refractivity contribution in [2.75, 3.05) is 31.1 Å². The lowest BCUT2D eigenvalue weighted by atomic mass is 10.0. The zero-order valence-electron chi connectivity index (χ0n) is 21.4. The number of aromatic nitrogens is 5. The van der Waals surface area contributed by atoms with Gasteiger partial charge in [0.2, 0.25) is 0 Å². The van der Waals surface area contributed by atoms with E-state index in [1.54, 1.807) is 0 Å². The highest BCUT2D eigenvalue weighted by Gasteiger charge is 2.35. The molecule has 0 spiro atoms. The van der Waals surface area contributed by atoms with Gasteiger partial charge in [-0.15, -0.1) is 5.10 Å². The smallest absolute Gasteiger partial charge is 0.253 e. The lowest BCUT2D eigenvalue weighted by Crippen LogP contribution is -2.49. The average Bonchev–Trinajstić information content (AvgIpc) is 3.32. The number of nitrogens with one attached hydrogen (secondary N) is 1. The summed E-state index contributed by atoms with van der Waals surface area (Å²) in [7, 11) is 0. The molecule has 2 aromatic heterocycles. The standard InChI is InChI=1S/C27H32ClN7O/c1-17-6-9-22-19(14-17)15-21(26(36)29-22)24(25-30-31-32-35(25)27(3,4)5)34-12-10-33(11-13-34)23-16-20(28)8-7-18(23)2/h6-9,14-16,24H,10-13H2,1-5H3,(H,29,36). The molecular formula is C27H32ClN7O. The Morgan fingerprint density at radius 1 is 1.00 bits per heavy atom. The number of fused-ring (bicyclic) bond motifs is 1. The van der Waals surface area contributed by atoms with Crippen LogP contribution in [-0.2, 0) is 5.54 Å². The predicted octanol–water partition coefficient (Wildman–Crippen LogP) is 4.45. The van der Waals surface area contributed by atoms with Crippen LogP contribution in [0.4, 0.5) is 5.69 Å². The number of nitrogens with zero attached hydrogens (tertiary/aromatic N) is 6. The Bertz CT molecular complexity index is 1460. The monoisotopic (exact) mass is 505 g/mol. The maximum Gasteiger partial charge on any atom is 0.253 e. The summed E-state index contributed by atoms with van der Waals surface area (Å²) in [6.07, 6.45) is 0. The normalized spacial score (nSPS) is 16.0. The van der Waals surface area contributed by atoms with Crippen LogP contribution in [0.2, 0.25) is 5.02 Å². The van der Waals surface area contributed by atoms with Crippen LogP contribution in [0.1, 0.15) is 49.3 Å². The molecular weight excluding hydrogens is 474 g/mol. The highest BCUT2D eigenvalue weighted by molar-refractivity contribution is 6.30. The summed E-state index contributed by atoms with van der Waals surface area (Å²) < 4.78 is 1.84. The highest BCUT2D eigenvalue weighted by atomic mass is 35.5. The quantitative estimate of drug-likeness (QED) is 0.441. The van der Waals surface area contributed by atoms with Crippen molar-refractivity contribution in [3.63, 3.8) is 0 Å². The minimum atomic E-state index is -0.379. The van der Waals surface area contributed by atoms with Gasteiger partial charge in [0.15, 0.2) is 5.82 Å². The predicted molar refractivity (Wildman–Crippen MR) is 144 cm³/mol. The van der Waals surface area contributed by atoms with Crippen molar-refractivity contribution in [2.45, 2.75) is 46.2 Å². The second kappa shape index (κ2) is 9.33. The molecule has 1 aliphatic heterocycles. The number of halogens is 1. The van der Waals surface area contributed by atoms with Gasteiger partial charge in [-0.25, -0.2) is 4.68 Å². The molecule has 9 heteroatoms. The molecule has 1 saturated heterocycles. The number of rotatable bonds is 4. The van der Waals surface area contributed by atoms with Crippen LogP contribution < -0.4 is 10.5 Å². The van der Waals surface area contributed by atoms with Crippen LogP contribution >= 0.6 is 11.6 Å². The second-order valence-electron chi connectivity index (χ2n) is 10.6. The van der Waals surface area contributed by atoms with Crippen molar-refractivity contribution in [1.82, 2.24) is 30.1 Å². The zero-order chi connectivity index (χ0) is 25.6. The Labute approximate surface area is 215 Å². The number of aromatic amines is 1. The molecule has 1 fully saturated rings. The number of benzene rings is 2. The third-order valence-corrected chi connectivity index (χ3v) is 7.12. The van der Waals surface area contributed by atoms with E-state index < -0.39 is 0 Å². The van der Waals surface area contributed by atoms with E-state index in [2.05, 4.69) is 77.1 Å². The Morgan fingerprint density at radius 2 is 1.75 bits per heavy atom. The SMILES string of the molecule is Cc1ccc2[nH]c(=O)c(C(c3nnnn3C(C)(C)C)N3CCN(c4cc(Cl)ccc4C)CC3)cc2c1. The Balaban J connectivity index is 1.56. The van der Waals surface area contributed by atoms with Gasteiger partial charge in [0.05, 0.1) is 5.54 Å². The summed E-state index contributed by atoms with van der Waals surface area (Å²) in [5.74, 6) is 0.674. The Kier molecular flexibility index (Phi) is 6.34. The van der Waals surface area contributed by atoms with E-state index in [-0.39, 0.29) is 17.1 Å². The van der Waals surface area contributed by atoms with Crippen LogP contribution in [-0.4, -0.2) is 56.3 Å². The van der Waals surface area contributed by atoms with Crippen LogP contribution in [0.3, 0.4) is 0 Å². The van der Waals surface area contributed by atoms with Crippen molar-refractivity contribution in [2.24, 2.45) is 0 Å². The first-order chi connectivity index (χ1) is 17.1. The minimum absolute atomic E-state index is 0.118. The molecule has 8 nitrogen and oxygen atoms in total. The third-order valence-electron chi connectivity index (χ3n) is 6.89. The van der Waals surface area contributed by atoms with Gasteiger partial charge >= 0.3 is 0 Å². The van der Waals surface area contributed by atoms with Gasteiger partial charge < -0.3 is 9.88 Å². The molecule has 1 unspecified atom stereocenters. The van der Waals surface area contributed by atoms with Crippen molar-refractivity contribution in [3.05, 3.63) is 80.4 Å². The van der Waals surface area contributed by atoms with E-state index >= 15 is 0 Å². The summed E-state index contributed by atoms with van der Waals surface area (Å²) in [6.45, 7) is 13.5. The van der Waals surface area contributed by atoms with Crippen LogP contribution in [0, 0.1) is 13.8 Å². The fraction of sp³-hybridized carbons (Fsp3) is 0.407. The molecule has 2 aromatic carbocycles. The first kappa shape index (κ1) is 24.5. The van der Waals surface area contributed by atoms with Gasteiger partial charge in [0.1, 0.15) is 6.04 Å². The van der Waals surface area contributed by atoms with E-state index in [9.17, 15) is 4.79 Å². The lowest BCUT2D eigenvalue weighted by molar-refractivity contribution is 0.190. The van der Waals surface area contributed by atoms with E-state index in [1.807, 2.05) is 35.0 Å². The fourth-order valence-electron chi connectivity index (χ4n) is 5.03. The first-order valence-corrected chi connectivity index (χ1v) is 12.7. The molecule has 1 atom stereocenters. The molecule has 0 saturated carbocycles. The maximum absolute atomic E-state index is 13.4. The molecule has 0 aliphatic carbocycles. The number of pyridine rings is 1. The van der Waals surface area contributed by atoms with Gasteiger partial charge in [-0.05, 0) is 86.3 Å².